The Hall–Kier alpha value is -1.08. The minimum absolute atomic E-state index is 0.108. The molecule has 90 valence electrons. The van der Waals surface area contributed by atoms with E-state index in [1.54, 1.807) is 0 Å². The van der Waals surface area contributed by atoms with Crippen molar-refractivity contribution in [2.24, 2.45) is 0 Å². The molecule has 1 heterocycles. The van der Waals surface area contributed by atoms with Gasteiger partial charge in [0.15, 0.2) is 0 Å². The van der Waals surface area contributed by atoms with Gasteiger partial charge < -0.3 is 0 Å². The molecule has 0 aliphatic heterocycles. The Morgan fingerprint density at radius 2 is 1.65 bits per heavy atom. The molecule has 0 atom stereocenters. The normalized spacial score (nSPS) is 11.8. The van der Waals surface area contributed by atoms with Gasteiger partial charge in [0.05, 0.1) is 0 Å². The minimum atomic E-state index is 0.108. The van der Waals surface area contributed by atoms with Gasteiger partial charge in [0.25, 0.3) is 0 Å². The highest BCUT2D eigenvalue weighted by atomic mass is 32.1. The van der Waals surface area contributed by atoms with Gasteiger partial charge in [0, 0.05) is 15.2 Å². The fourth-order valence-electron chi connectivity index (χ4n) is 2.42. The molecular formula is C16H20S. The van der Waals surface area contributed by atoms with Crippen LogP contribution in [-0.2, 0) is 5.41 Å². The van der Waals surface area contributed by atoms with Crippen molar-refractivity contribution in [3.05, 3.63) is 56.8 Å². The van der Waals surface area contributed by atoms with Crippen LogP contribution in [-0.4, -0.2) is 0 Å². The van der Waals surface area contributed by atoms with Crippen molar-refractivity contribution in [1.29, 1.82) is 0 Å². The van der Waals surface area contributed by atoms with Gasteiger partial charge >= 0.3 is 0 Å². The van der Waals surface area contributed by atoms with E-state index in [4.69, 9.17) is 0 Å². The van der Waals surface area contributed by atoms with Gasteiger partial charge in [-0.2, -0.15) is 0 Å². The van der Waals surface area contributed by atoms with E-state index in [1.165, 1.54) is 26.4 Å². The van der Waals surface area contributed by atoms with Crippen LogP contribution >= 0.6 is 11.3 Å². The lowest BCUT2D eigenvalue weighted by atomic mass is 9.80. The van der Waals surface area contributed by atoms with E-state index in [9.17, 15) is 0 Å². The summed E-state index contributed by atoms with van der Waals surface area (Å²) >= 11 is 1.90. The van der Waals surface area contributed by atoms with Crippen LogP contribution in [0.4, 0.5) is 0 Å². The number of hydrogen-bond donors (Lipinski definition) is 0. The van der Waals surface area contributed by atoms with Gasteiger partial charge in [-0.15, -0.1) is 11.3 Å². The molecule has 2 aromatic rings. The maximum absolute atomic E-state index is 2.32. The molecule has 17 heavy (non-hydrogen) atoms. The molecule has 0 saturated heterocycles. The Bertz CT molecular complexity index is 532. The summed E-state index contributed by atoms with van der Waals surface area (Å²) in [6.07, 6.45) is 0. The summed E-state index contributed by atoms with van der Waals surface area (Å²) in [6, 6.07) is 11.2. The second-order valence-corrected chi connectivity index (χ2v) is 6.64. The van der Waals surface area contributed by atoms with Crippen LogP contribution in [0.1, 0.15) is 40.3 Å². The second-order valence-electron chi connectivity index (χ2n) is 5.35. The average Bonchev–Trinajstić information content (AvgIpc) is 2.64. The summed E-state index contributed by atoms with van der Waals surface area (Å²) in [6.45, 7) is 11.2. The Balaban J connectivity index is 2.51. The van der Waals surface area contributed by atoms with Crippen LogP contribution in [0.25, 0.3) is 0 Å². The molecule has 0 nitrogen and oxygen atoms in total. The Morgan fingerprint density at radius 1 is 0.941 bits per heavy atom. The number of benzene rings is 1. The van der Waals surface area contributed by atoms with Crippen LogP contribution in [0, 0.1) is 20.8 Å². The Kier molecular flexibility index (Phi) is 3.13. The van der Waals surface area contributed by atoms with Crippen LogP contribution in [0.5, 0.6) is 0 Å². The molecule has 1 aromatic heterocycles. The number of rotatable bonds is 2. The van der Waals surface area contributed by atoms with Crippen LogP contribution in [0.15, 0.2) is 30.3 Å². The maximum Gasteiger partial charge on any atom is 0.0243 e. The number of hydrogen-bond acceptors (Lipinski definition) is 1. The number of aryl methyl sites for hydroxylation is 3. The monoisotopic (exact) mass is 244 g/mol. The highest BCUT2D eigenvalue weighted by Crippen LogP contribution is 2.37. The lowest BCUT2D eigenvalue weighted by molar-refractivity contribution is 0.650. The fraction of sp³-hybridized carbons (Fsp3) is 0.375. The van der Waals surface area contributed by atoms with Gasteiger partial charge in [-0.3, -0.25) is 0 Å². The minimum Gasteiger partial charge on any atom is -0.145 e. The summed E-state index contributed by atoms with van der Waals surface area (Å²) in [5.41, 5.74) is 4.27. The molecule has 0 spiro atoms. The molecule has 1 heteroatoms. The smallest absolute Gasteiger partial charge is 0.0243 e. The van der Waals surface area contributed by atoms with Crippen molar-refractivity contribution < 1.29 is 0 Å². The summed E-state index contributed by atoms with van der Waals surface area (Å²) in [5.74, 6) is 0. The zero-order valence-electron chi connectivity index (χ0n) is 11.3. The first kappa shape index (κ1) is 12.4. The molecule has 0 aliphatic carbocycles. The molecular weight excluding hydrogens is 224 g/mol. The van der Waals surface area contributed by atoms with Crippen molar-refractivity contribution in [3.8, 4) is 0 Å². The van der Waals surface area contributed by atoms with Crippen LogP contribution < -0.4 is 0 Å². The second kappa shape index (κ2) is 4.30. The van der Waals surface area contributed by atoms with E-state index in [1.807, 2.05) is 11.3 Å². The van der Waals surface area contributed by atoms with E-state index in [0.29, 0.717) is 0 Å². The third-order valence-corrected chi connectivity index (χ3v) is 4.74. The highest BCUT2D eigenvalue weighted by molar-refractivity contribution is 7.12. The zero-order chi connectivity index (χ0) is 12.6. The summed E-state index contributed by atoms with van der Waals surface area (Å²) < 4.78 is 0. The maximum atomic E-state index is 2.32. The topological polar surface area (TPSA) is 0 Å². The summed E-state index contributed by atoms with van der Waals surface area (Å²) in [4.78, 5) is 2.83. The van der Waals surface area contributed by atoms with Crippen molar-refractivity contribution in [3.63, 3.8) is 0 Å². The zero-order valence-corrected chi connectivity index (χ0v) is 12.1. The van der Waals surface area contributed by atoms with Crippen LogP contribution in [0.2, 0.25) is 0 Å². The average molecular weight is 244 g/mol. The van der Waals surface area contributed by atoms with Gasteiger partial charge in [0.2, 0.25) is 0 Å². The van der Waals surface area contributed by atoms with E-state index >= 15 is 0 Å². The molecule has 0 saturated carbocycles. The lowest BCUT2D eigenvalue weighted by Gasteiger charge is -2.26. The molecule has 0 N–H and O–H groups in total. The Labute approximate surface area is 108 Å². The summed E-state index contributed by atoms with van der Waals surface area (Å²) in [5, 5.41) is 0. The van der Waals surface area contributed by atoms with E-state index in [0.717, 1.165) is 0 Å². The van der Waals surface area contributed by atoms with E-state index < -0.39 is 0 Å². The highest BCUT2D eigenvalue weighted by Gasteiger charge is 2.26. The quantitative estimate of drug-likeness (QED) is 0.697. The third-order valence-electron chi connectivity index (χ3n) is 3.41. The number of thiophene rings is 1. The summed E-state index contributed by atoms with van der Waals surface area (Å²) in [7, 11) is 0. The predicted octanol–water partition coefficient (Wildman–Crippen LogP) is 5.00. The predicted molar refractivity (Wildman–Crippen MR) is 77.1 cm³/mol. The molecule has 0 unspecified atom stereocenters. The SMILES string of the molecule is Cc1ccc(C(C)(C)c2ccc(C)s2)c(C)c1. The van der Waals surface area contributed by atoms with Crippen LogP contribution in [0.3, 0.4) is 0 Å². The first-order chi connectivity index (χ1) is 7.91. The Morgan fingerprint density at radius 3 is 2.18 bits per heavy atom. The molecule has 0 aliphatic rings. The van der Waals surface area contributed by atoms with Crippen molar-refractivity contribution in [2.45, 2.75) is 40.0 Å². The molecule has 0 fully saturated rings. The fourth-order valence-corrected chi connectivity index (χ4v) is 3.40. The van der Waals surface area contributed by atoms with Crippen molar-refractivity contribution >= 4 is 11.3 Å². The van der Waals surface area contributed by atoms with Crippen molar-refractivity contribution in [2.75, 3.05) is 0 Å². The van der Waals surface area contributed by atoms with E-state index in [2.05, 4.69) is 65.0 Å². The molecule has 1 aromatic carbocycles. The van der Waals surface area contributed by atoms with Crippen molar-refractivity contribution in [1.82, 2.24) is 0 Å². The van der Waals surface area contributed by atoms with Gasteiger partial charge in [-0.25, -0.2) is 0 Å². The lowest BCUT2D eigenvalue weighted by Crippen LogP contribution is -2.18. The first-order valence-corrected chi connectivity index (χ1v) is 6.87. The van der Waals surface area contributed by atoms with Gasteiger partial charge in [-0.1, -0.05) is 37.6 Å². The first-order valence-electron chi connectivity index (χ1n) is 6.06. The van der Waals surface area contributed by atoms with Gasteiger partial charge in [0.1, 0.15) is 0 Å². The third kappa shape index (κ3) is 2.30. The molecule has 0 radical (unpaired) electrons. The van der Waals surface area contributed by atoms with E-state index in [-0.39, 0.29) is 5.41 Å². The molecule has 0 bridgehead atoms. The van der Waals surface area contributed by atoms with Gasteiger partial charge in [-0.05, 0) is 44.0 Å². The molecule has 0 amide bonds. The largest absolute Gasteiger partial charge is 0.145 e. The molecule has 2 rings (SSSR count). The standard InChI is InChI=1S/C16H20S/c1-11-6-8-14(12(2)10-11)16(4,5)15-9-7-13(3)17-15/h6-10H,1-5H3.